The van der Waals surface area contributed by atoms with Crippen LogP contribution < -0.4 is 5.32 Å². The number of benzene rings is 2. The standard InChI is InChI=1S/C19H12F2N4O/c1-25-18(7-22)16(9-24-25)13-4-10(5-14-15(13)8-23-19(14)26)12-3-2-11(20)6-17(12)21/h2-6,9H,8H2,1H3,(H,23,26). The molecule has 26 heavy (non-hydrogen) atoms. The van der Waals surface area contributed by atoms with Gasteiger partial charge >= 0.3 is 0 Å². The molecule has 1 aliphatic heterocycles. The van der Waals surface area contributed by atoms with Gasteiger partial charge < -0.3 is 5.32 Å². The monoisotopic (exact) mass is 350 g/mol. The lowest BCUT2D eigenvalue weighted by molar-refractivity contribution is 0.0966. The molecule has 1 aromatic heterocycles. The Balaban J connectivity index is 2.01. The number of rotatable bonds is 2. The minimum Gasteiger partial charge on any atom is -0.348 e. The number of nitrogens with zero attached hydrogens (tertiary/aromatic N) is 3. The Morgan fingerprint density at radius 1 is 1.15 bits per heavy atom. The van der Waals surface area contributed by atoms with Crippen LogP contribution in [0, 0.1) is 23.0 Å². The van der Waals surface area contributed by atoms with E-state index in [4.69, 9.17) is 0 Å². The predicted octanol–water partition coefficient (Wildman–Crippen LogP) is 3.15. The number of hydrogen-bond donors (Lipinski definition) is 1. The van der Waals surface area contributed by atoms with Crippen LogP contribution in [0.1, 0.15) is 21.6 Å². The third-order valence-electron chi connectivity index (χ3n) is 4.50. The van der Waals surface area contributed by atoms with Crippen LogP contribution in [0.25, 0.3) is 22.3 Å². The van der Waals surface area contributed by atoms with E-state index in [0.717, 1.165) is 17.7 Å². The fourth-order valence-electron chi connectivity index (χ4n) is 3.22. The van der Waals surface area contributed by atoms with Gasteiger partial charge in [0.1, 0.15) is 23.4 Å². The molecule has 0 spiro atoms. The summed E-state index contributed by atoms with van der Waals surface area (Å²) in [5, 5.41) is 16.3. The van der Waals surface area contributed by atoms with Crippen LogP contribution in [0.15, 0.2) is 36.5 Å². The summed E-state index contributed by atoms with van der Waals surface area (Å²) in [6, 6.07) is 8.67. The first-order valence-electron chi connectivity index (χ1n) is 7.82. The van der Waals surface area contributed by atoms with E-state index in [-0.39, 0.29) is 11.5 Å². The molecule has 1 amide bonds. The number of amides is 1. The molecular weight excluding hydrogens is 338 g/mol. The molecule has 0 atom stereocenters. The normalized spacial score (nSPS) is 12.6. The summed E-state index contributed by atoms with van der Waals surface area (Å²) < 4.78 is 28.9. The van der Waals surface area contributed by atoms with Gasteiger partial charge in [0.2, 0.25) is 0 Å². The van der Waals surface area contributed by atoms with Gasteiger partial charge in [-0.3, -0.25) is 9.48 Å². The van der Waals surface area contributed by atoms with E-state index in [1.165, 1.54) is 10.7 Å². The van der Waals surface area contributed by atoms with Gasteiger partial charge in [-0.15, -0.1) is 0 Å². The van der Waals surface area contributed by atoms with Gasteiger partial charge in [0.15, 0.2) is 0 Å². The summed E-state index contributed by atoms with van der Waals surface area (Å²) in [5.41, 5.74) is 3.28. The molecule has 0 fully saturated rings. The molecule has 0 bridgehead atoms. The fourth-order valence-corrected chi connectivity index (χ4v) is 3.22. The van der Waals surface area contributed by atoms with Gasteiger partial charge in [0, 0.05) is 36.3 Å². The molecule has 128 valence electrons. The van der Waals surface area contributed by atoms with E-state index in [9.17, 15) is 18.8 Å². The van der Waals surface area contributed by atoms with Crippen molar-refractivity contribution in [1.29, 1.82) is 5.26 Å². The van der Waals surface area contributed by atoms with Crippen LogP contribution in [0.3, 0.4) is 0 Å². The molecule has 5 nitrogen and oxygen atoms in total. The first-order valence-corrected chi connectivity index (χ1v) is 7.82. The Labute approximate surface area is 147 Å². The molecule has 2 heterocycles. The summed E-state index contributed by atoms with van der Waals surface area (Å²) in [5.74, 6) is -1.67. The second kappa shape index (κ2) is 5.77. The summed E-state index contributed by atoms with van der Waals surface area (Å²) in [7, 11) is 1.65. The highest BCUT2D eigenvalue weighted by Gasteiger charge is 2.26. The van der Waals surface area contributed by atoms with E-state index in [1.54, 1.807) is 25.4 Å². The number of halogens is 2. The van der Waals surface area contributed by atoms with Crippen LogP contribution in [0.4, 0.5) is 8.78 Å². The second-order valence-electron chi connectivity index (χ2n) is 6.00. The van der Waals surface area contributed by atoms with Crippen LogP contribution in [-0.4, -0.2) is 15.7 Å². The largest absolute Gasteiger partial charge is 0.348 e. The molecule has 1 N–H and O–H groups in total. The summed E-state index contributed by atoms with van der Waals surface area (Å²) >= 11 is 0. The van der Waals surface area contributed by atoms with E-state index in [1.807, 2.05) is 0 Å². The molecule has 0 unspecified atom stereocenters. The highest BCUT2D eigenvalue weighted by Crippen LogP contribution is 2.36. The topological polar surface area (TPSA) is 70.7 Å². The molecule has 0 saturated heterocycles. The zero-order valence-electron chi connectivity index (χ0n) is 13.7. The third-order valence-corrected chi connectivity index (χ3v) is 4.50. The van der Waals surface area contributed by atoms with Crippen molar-refractivity contribution in [2.24, 2.45) is 7.05 Å². The van der Waals surface area contributed by atoms with E-state index < -0.39 is 11.6 Å². The molecule has 0 radical (unpaired) electrons. The van der Waals surface area contributed by atoms with Crippen molar-refractivity contribution in [1.82, 2.24) is 15.1 Å². The van der Waals surface area contributed by atoms with Crippen molar-refractivity contribution >= 4 is 5.91 Å². The zero-order chi connectivity index (χ0) is 18.4. The van der Waals surface area contributed by atoms with Gasteiger partial charge in [0.05, 0.1) is 6.20 Å². The Hall–Kier alpha value is -3.53. The average Bonchev–Trinajstić information content (AvgIpc) is 3.17. The quantitative estimate of drug-likeness (QED) is 0.772. The SMILES string of the molecule is Cn1ncc(-c2cc(-c3ccc(F)cc3F)cc3c2CNC3=O)c1C#N. The molecule has 2 aromatic carbocycles. The molecule has 0 aliphatic carbocycles. The minimum atomic E-state index is -0.721. The number of aromatic nitrogens is 2. The number of fused-ring (bicyclic) bond motifs is 1. The molecule has 0 saturated carbocycles. The van der Waals surface area contributed by atoms with Crippen molar-refractivity contribution in [2.45, 2.75) is 6.54 Å². The van der Waals surface area contributed by atoms with Crippen LogP contribution in [0.2, 0.25) is 0 Å². The van der Waals surface area contributed by atoms with Crippen molar-refractivity contribution in [3.05, 3.63) is 65.0 Å². The zero-order valence-corrected chi connectivity index (χ0v) is 13.7. The lowest BCUT2D eigenvalue weighted by atomic mass is 9.92. The van der Waals surface area contributed by atoms with Crippen molar-refractivity contribution in [2.75, 3.05) is 0 Å². The maximum absolute atomic E-state index is 14.3. The average molecular weight is 350 g/mol. The number of aryl methyl sites for hydroxylation is 1. The first-order chi connectivity index (χ1) is 12.5. The predicted molar refractivity (Wildman–Crippen MR) is 89.9 cm³/mol. The Morgan fingerprint density at radius 2 is 1.92 bits per heavy atom. The fraction of sp³-hybridized carbons (Fsp3) is 0.105. The highest BCUT2D eigenvalue weighted by atomic mass is 19.1. The number of hydrogen-bond acceptors (Lipinski definition) is 3. The van der Waals surface area contributed by atoms with Crippen molar-refractivity contribution in [3.63, 3.8) is 0 Å². The molecule has 4 rings (SSSR count). The van der Waals surface area contributed by atoms with E-state index in [2.05, 4.69) is 16.5 Å². The first kappa shape index (κ1) is 16.0. The Kier molecular flexibility index (Phi) is 3.55. The molecule has 1 aliphatic rings. The maximum Gasteiger partial charge on any atom is 0.251 e. The summed E-state index contributed by atoms with van der Waals surface area (Å²) in [6.45, 7) is 0.315. The van der Waals surface area contributed by atoms with Gasteiger partial charge in [-0.05, 0) is 41.0 Å². The Bertz CT molecular complexity index is 1110. The molecule has 7 heteroatoms. The second-order valence-corrected chi connectivity index (χ2v) is 6.00. The molecular formula is C19H12F2N4O. The van der Waals surface area contributed by atoms with Gasteiger partial charge in [-0.25, -0.2) is 8.78 Å². The minimum absolute atomic E-state index is 0.178. The summed E-state index contributed by atoms with van der Waals surface area (Å²) in [4.78, 5) is 12.2. The van der Waals surface area contributed by atoms with Crippen LogP contribution in [0.5, 0.6) is 0 Å². The Morgan fingerprint density at radius 3 is 2.65 bits per heavy atom. The van der Waals surface area contributed by atoms with Crippen LogP contribution >= 0.6 is 0 Å². The number of nitriles is 1. The number of carbonyl (C=O) groups is 1. The number of carbonyl (C=O) groups excluding carboxylic acids is 1. The molecule has 3 aromatic rings. The lowest BCUT2D eigenvalue weighted by Crippen LogP contribution is -2.12. The maximum atomic E-state index is 14.3. The van der Waals surface area contributed by atoms with Crippen molar-refractivity contribution < 1.29 is 13.6 Å². The summed E-state index contributed by atoms with van der Waals surface area (Å²) in [6.07, 6.45) is 1.54. The number of nitrogens with one attached hydrogen (secondary N) is 1. The van der Waals surface area contributed by atoms with Gasteiger partial charge in [-0.2, -0.15) is 10.4 Å². The third kappa shape index (κ3) is 2.35. The van der Waals surface area contributed by atoms with Gasteiger partial charge in [0.25, 0.3) is 5.91 Å². The van der Waals surface area contributed by atoms with Crippen LogP contribution in [-0.2, 0) is 13.6 Å². The lowest BCUT2D eigenvalue weighted by Gasteiger charge is -2.11. The van der Waals surface area contributed by atoms with E-state index in [0.29, 0.717) is 34.5 Å². The van der Waals surface area contributed by atoms with E-state index >= 15 is 0 Å². The van der Waals surface area contributed by atoms with Gasteiger partial charge in [-0.1, -0.05) is 0 Å². The smallest absolute Gasteiger partial charge is 0.251 e. The highest BCUT2D eigenvalue weighted by molar-refractivity contribution is 6.02. The van der Waals surface area contributed by atoms with Crippen molar-refractivity contribution in [3.8, 4) is 28.3 Å².